The molecule has 0 bridgehead atoms. The molecular weight excluding hydrogens is 258 g/mol. The maximum atomic E-state index is 12.2. The summed E-state index contributed by atoms with van der Waals surface area (Å²) in [6, 6.07) is -0.801. The summed E-state index contributed by atoms with van der Waals surface area (Å²) in [5.41, 5.74) is 0.739. The Kier molecular flexibility index (Phi) is 4.42. The maximum Gasteiger partial charge on any atom is 0.326 e. The van der Waals surface area contributed by atoms with Crippen LogP contribution in [0, 0.1) is 0 Å². The van der Waals surface area contributed by atoms with E-state index in [1.54, 1.807) is 6.92 Å². The third kappa shape index (κ3) is 3.00. The quantitative estimate of drug-likeness (QED) is 0.875. The lowest BCUT2D eigenvalue weighted by molar-refractivity contribution is -0.149. The lowest BCUT2D eigenvalue weighted by Gasteiger charge is -2.24. The summed E-state index contributed by atoms with van der Waals surface area (Å²) in [4.78, 5) is 29.1. The molecule has 1 aliphatic rings. The van der Waals surface area contributed by atoms with Crippen LogP contribution in [-0.4, -0.2) is 44.0 Å². The number of carboxylic acids is 1. The fraction of sp³-hybridized carbons (Fsp3) is 0.643. The fourth-order valence-electron chi connectivity index (χ4n) is 2.61. The number of carbonyl (C=O) groups excluding carboxylic acids is 1. The van der Waals surface area contributed by atoms with Crippen LogP contribution in [0.1, 0.15) is 38.2 Å². The van der Waals surface area contributed by atoms with Crippen molar-refractivity contribution in [3.05, 3.63) is 17.7 Å². The second kappa shape index (κ2) is 6.07. The highest BCUT2D eigenvalue weighted by Crippen LogP contribution is 2.15. The van der Waals surface area contributed by atoms with E-state index >= 15 is 0 Å². The zero-order valence-electron chi connectivity index (χ0n) is 12.0. The molecule has 6 nitrogen and oxygen atoms in total. The minimum atomic E-state index is -0.982. The minimum Gasteiger partial charge on any atom is -0.480 e. The normalized spacial score (nSPS) is 15.5. The summed E-state index contributed by atoms with van der Waals surface area (Å²) >= 11 is 0. The third-order valence-electron chi connectivity index (χ3n) is 3.78. The largest absolute Gasteiger partial charge is 0.480 e. The first-order valence-corrected chi connectivity index (χ1v) is 7.10. The number of hydrogen-bond donors (Lipinski definition) is 1. The van der Waals surface area contributed by atoms with Gasteiger partial charge in [0.25, 0.3) is 0 Å². The number of aryl methyl sites for hydroxylation is 2. The second-order valence-corrected chi connectivity index (χ2v) is 5.17. The Morgan fingerprint density at radius 1 is 1.50 bits per heavy atom. The van der Waals surface area contributed by atoms with E-state index in [1.807, 2.05) is 6.20 Å². The van der Waals surface area contributed by atoms with Crippen LogP contribution in [0.4, 0.5) is 0 Å². The summed E-state index contributed by atoms with van der Waals surface area (Å²) < 4.78 is 2.10. The van der Waals surface area contributed by atoms with Gasteiger partial charge in [0.2, 0.25) is 5.91 Å². The van der Waals surface area contributed by atoms with Crippen LogP contribution in [0.25, 0.3) is 0 Å². The molecule has 1 aromatic heterocycles. The first-order valence-electron chi connectivity index (χ1n) is 7.10. The van der Waals surface area contributed by atoms with Crippen molar-refractivity contribution in [1.29, 1.82) is 0 Å². The van der Waals surface area contributed by atoms with Crippen molar-refractivity contribution >= 4 is 11.9 Å². The van der Waals surface area contributed by atoms with Crippen molar-refractivity contribution < 1.29 is 14.7 Å². The van der Waals surface area contributed by atoms with Gasteiger partial charge in [0, 0.05) is 25.7 Å². The molecule has 1 atom stereocenters. The molecule has 1 aliphatic heterocycles. The number of likely N-dealkylation sites (N-methyl/N-ethyl adjacent to an activating group) is 1. The topological polar surface area (TPSA) is 75.4 Å². The van der Waals surface area contributed by atoms with Gasteiger partial charge >= 0.3 is 5.97 Å². The number of carboxylic acid groups (broad SMARTS) is 1. The molecule has 0 radical (unpaired) electrons. The van der Waals surface area contributed by atoms with Crippen molar-refractivity contribution in [2.75, 3.05) is 6.54 Å². The van der Waals surface area contributed by atoms with Crippen molar-refractivity contribution in [3.63, 3.8) is 0 Å². The van der Waals surface area contributed by atoms with E-state index in [0.29, 0.717) is 6.54 Å². The van der Waals surface area contributed by atoms with Gasteiger partial charge in [0.15, 0.2) is 0 Å². The Labute approximate surface area is 118 Å². The molecule has 20 heavy (non-hydrogen) atoms. The minimum absolute atomic E-state index is 0.172. The van der Waals surface area contributed by atoms with Crippen LogP contribution in [0.5, 0.6) is 0 Å². The van der Waals surface area contributed by atoms with Gasteiger partial charge in [0.1, 0.15) is 11.9 Å². The zero-order valence-corrected chi connectivity index (χ0v) is 12.0. The average Bonchev–Trinajstić information content (AvgIpc) is 2.81. The van der Waals surface area contributed by atoms with Gasteiger partial charge in [-0.3, -0.25) is 4.79 Å². The van der Waals surface area contributed by atoms with Crippen LogP contribution in [-0.2, 0) is 29.0 Å². The smallest absolute Gasteiger partial charge is 0.326 e. The van der Waals surface area contributed by atoms with Gasteiger partial charge in [-0.2, -0.15) is 0 Å². The average molecular weight is 279 g/mol. The van der Waals surface area contributed by atoms with Crippen LogP contribution in [0.2, 0.25) is 0 Å². The monoisotopic (exact) mass is 279 g/mol. The number of rotatable bonds is 5. The fourth-order valence-corrected chi connectivity index (χ4v) is 2.61. The summed E-state index contributed by atoms with van der Waals surface area (Å²) in [6.45, 7) is 4.66. The molecule has 6 heteroatoms. The van der Waals surface area contributed by atoms with Gasteiger partial charge in [0.05, 0.1) is 12.1 Å². The highest BCUT2D eigenvalue weighted by molar-refractivity contribution is 5.84. The van der Waals surface area contributed by atoms with Gasteiger partial charge in [-0.05, 0) is 26.7 Å². The first-order chi connectivity index (χ1) is 9.52. The van der Waals surface area contributed by atoms with Crippen LogP contribution >= 0.6 is 0 Å². The molecule has 0 fully saturated rings. The Balaban J connectivity index is 2.06. The second-order valence-electron chi connectivity index (χ2n) is 5.17. The van der Waals surface area contributed by atoms with E-state index < -0.39 is 12.0 Å². The number of hydrogen-bond acceptors (Lipinski definition) is 3. The maximum absolute atomic E-state index is 12.2. The Morgan fingerprint density at radius 3 is 2.85 bits per heavy atom. The molecule has 2 heterocycles. The number of aromatic nitrogens is 2. The molecule has 2 rings (SSSR count). The van der Waals surface area contributed by atoms with E-state index in [2.05, 4.69) is 9.55 Å². The number of nitrogens with zero attached hydrogens (tertiary/aromatic N) is 3. The number of imidazole rings is 1. The molecule has 1 N–H and O–H groups in total. The van der Waals surface area contributed by atoms with E-state index in [1.165, 1.54) is 11.8 Å². The van der Waals surface area contributed by atoms with Crippen LogP contribution < -0.4 is 0 Å². The molecule has 0 saturated heterocycles. The zero-order chi connectivity index (χ0) is 14.7. The van der Waals surface area contributed by atoms with Crippen LogP contribution in [0.15, 0.2) is 6.20 Å². The predicted molar refractivity (Wildman–Crippen MR) is 73.4 cm³/mol. The summed E-state index contributed by atoms with van der Waals surface area (Å²) in [5.74, 6) is -0.129. The Bertz CT molecular complexity index is 486. The lowest BCUT2D eigenvalue weighted by Crippen LogP contribution is -2.43. The van der Waals surface area contributed by atoms with Crippen LogP contribution in [0.3, 0.4) is 0 Å². The highest BCUT2D eigenvalue weighted by Gasteiger charge is 2.25. The van der Waals surface area contributed by atoms with E-state index in [0.717, 1.165) is 37.3 Å². The number of carbonyl (C=O) groups is 2. The van der Waals surface area contributed by atoms with Crippen molar-refractivity contribution in [2.45, 2.75) is 52.1 Å². The number of amides is 1. The molecule has 1 aromatic rings. The Hall–Kier alpha value is -1.85. The van der Waals surface area contributed by atoms with E-state index in [-0.39, 0.29) is 12.3 Å². The molecule has 110 valence electrons. The third-order valence-corrected chi connectivity index (χ3v) is 3.78. The van der Waals surface area contributed by atoms with Gasteiger partial charge in [-0.25, -0.2) is 9.78 Å². The van der Waals surface area contributed by atoms with Crippen molar-refractivity contribution in [3.8, 4) is 0 Å². The summed E-state index contributed by atoms with van der Waals surface area (Å²) in [6.07, 6.45) is 5.34. The number of fused-ring (bicyclic) bond motifs is 1. The molecule has 0 spiro atoms. The van der Waals surface area contributed by atoms with Crippen molar-refractivity contribution in [1.82, 2.24) is 14.5 Å². The summed E-state index contributed by atoms with van der Waals surface area (Å²) in [7, 11) is 0. The van der Waals surface area contributed by atoms with Gasteiger partial charge in [-0.15, -0.1) is 0 Å². The van der Waals surface area contributed by atoms with E-state index in [9.17, 15) is 9.59 Å². The first kappa shape index (κ1) is 14.6. The molecular formula is C14H21N3O3. The predicted octanol–water partition coefficient (Wildman–Crippen LogP) is 1.08. The standard InChI is InChI=1S/C14H21N3O3/c1-3-17(10(2)14(19)20)13(18)8-11-9-16-7-5-4-6-12(16)15-11/h9-10H,3-8H2,1-2H3,(H,19,20). The molecule has 0 saturated carbocycles. The number of aliphatic carboxylic acids is 1. The van der Waals surface area contributed by atoms with Gasteiger partial charge in [-0.1, -0.05) is 0 Å². The highest BCUT2D eigenvalue weighted by atomic mass is 16.4. The van der Waals surface area contributed by atoms with E-state index in [4.69, 9.17) is 5.11 Å². The molecule has 1 amide bonds. The summed E-state index contributed by atoms with van der Waals surface area (Å²) in [5, 5.41) is 9.02. The Morgan fingerprint density at radius 2 is 2.25 bits per heavy atom. The SMILES string of the molecule is CCN(C(=O)Cc1cn2c(n1)CCCC2)C(C)C(=O)O. The molecule has 0 aliphatic carbocycles. The molecule has 1 unspecified atom stereocenters. The molecule has 0 aromatic carbocycles. The van der Waals surface area contributed by atoms with Gasteiger partial charge < -0.3 is 14.6 Å². The van der Waals surface area contributed by atoms with Crippen molar-refractivity contribution in [2.24, 2.45) is 0 Å². The lowest BCUT2D eigenvalue weighted by atomic mass is 10.2.